The van der Waals surface area contributed by atoms with Gasteiger partial charge in [-0.15, -0.1) is 0 Å². The molecule has 2 saturated carbocycles. The molecule has 3 atom stereocenters. The van der Waals surface area contributed by atoms with Crippen molar-refractivity contribution in [3.8, 4) is 0 Å². The molecule has 1 aromatic rings. The smallest absolute Gasteiger partial charge is 0.195 e. The largest absolute Gasteiger partial charge is 0.300 e. The number of aromatic nitrogens is 3. The maximum Gasteiger partial charge on any atom is 0.195 e. The summed E-state index contributed by atoms with van der Waals surface area (Å²) in [4.78, 5) is 0. The SMILES string of the molecule is Cc1n[nH]c(=S)n1C1C2(C)CCC(C2)C1(C)C. The molecule has 0 saturated heterocycles. The number of hydrogen-bond donors (Lipinski definition) is 1. The number of hydrogen-bond acceptors (Lipinski definition) is 2. The zero-order valence-electron chi connectivity index (χ0n) is 11.1. The van der Waals surface area contributed by atoms with E-state index >= 15 is 0 Å². The molecule has 0 spiro atoms. The lowest BCUT2D eigenvalue weighted by Gasteiger charge is -2.43. The zero-order valence-corrected chi connectivity index (χ0v) is 11.9. The summed E-state index contributed by atoms with van der Waals surface area (Å²) >= 11 is 5.42. The molecule has 94 valence electrons. The summed E-state index contributed by atoms with van der Waals surface area (Å²) in [6.07, 6.45) is 4.05. The molecule has 2 aliphatic carbocycles. The van der Waals surface area contributed by atoms with E-state index < -0.39 is 0 Å². The lowest BCUT2D eigenvalue weighted by Crippen LogP contribution is -2.37. The Morgan fingerprint density at radius 2 is 2.12 bits per heavy atom. The Morgan fingerprint density at radius 1 is 1.41 bits per heavy atom. The zero-order chi connectivity index (χ0) is 12.4. The van der Waals surface area contributed by atoms with Crippen LogP contribution in [0.5, 0.6) is 0 Å². The molecule has 2 bridgehead atoms. The molecule has 3 unspecified atom stereocenters. The van der Waals surface area contributed by atoms with Gasteiger partial charge in [-0.1, -0.05) is 20.8 Å². The van der Waals surface area contributed by atoms with Crippen LogP contribution in [0.1, 0.15) is 51.9 Å². The molecule has 1 N–H and O–H groups in total. The molecule has 1 aromatic heterocycles. The highest BCUT2D eigenvalue weighted by molar-refractivity contribution is 7.71. The predicted octanol–water partition coefficient (Wildman–Crippen LogP) is 3.64. The van der Waals surface area contributed by atoms with Crippen molar-refractivity contribution in [2.75, 3.05) is 0 Å². The Kier molecular flexibility index (Phi) is 2.17. The molecule has 3 nitrogen and oxygen atoms in total. The summed E-state index contributed by atoms with van der Waals surface area (Å²) in [5.74, 6) is 1.87. The summed E-state index contributed by atoms with van der Waals surface area (Å²) in [5, 5.41) is 7.23. The molecule has 1 heterocycles. The van der Waals surface area contributed by atoms with Crippen LogP contribution >= 0.6 is 12.2 Å². The van der Waals surface area contributed by atoms with Gasteiger partial charge in [-0.25, -0.2) is 0 Å². The second-order valence-corrected chi connectivity index (χ2v) is 7.15. The fourth-order valence-corrected chi connectivity index (χ4v) is 4.89. The van der Waals surface area contributed by atoms with E-state index in [0.29, 0.717) is 16.9 Å². The Labute approximate surface area is 108 Å². The molecule has 0 amide bonds. The van der Waals surface area contributed by atoms with Gasteiger partial charge < -0.3 is 4.57 Å². The topological polar surface area (TPSA) is 33.6 Å². The van der Waals surface area contributed by atoms with Crippen molar-refractivity contribution in [1.29, 1.82) is 0 Å². The normalized spacial score (nSPS) is 38.8. The van der Waals surface area contributed by atoms with Crippen LogP contribution < -0.4 is 0 Å². The average Bonchev–Trinajstić information content (AvgIpc) is 2.81. The summed E-state index contributed by atoms with van der Waals surface area (Å²) in [7, 11) is 0. The Hall–Kier alpha value is -0.640. The third-order valence-electron chi connectivity index (χ3n) is 5.33. The number of nitrogens with one attached hydrogen (secondary N) is 1. The first-order chi connectivity index (χ1) is 7.86. The van der Waals surface area contributed by atoms with Gasteiger partial charge in [0.05, 0.1) is 0 Å². The lowest BCUT2D eigenvalue weighted by molar-refractivity contribution is 0.0805. The fourth-order valence-electron chi connectivity index (χ4n) is 4.61. The maximum absolute atomic E-state index is 5.42. The molecule has 0 radical (unpaired) electrons. The first kappa shape index (κ1) is 11.5. The Morgan fingerprint density at radius 3 is 2.59 bits per heavy atom. The first-order valence-corrected chi connectivity index (χ1v) is 6.90. The summed E-state index contributed by atoms with van der Waals surface area (Å²) < 4.78 is 3.06. The predicted molar refractivity (Wildman–Crippen MR) is 70.4 cm³/mol. The minimum absolute atomic E-state index is 0.333. The second kappa shape index (κ2) is 3.22. The lowest BCUT2D eigenvalue weighted by atomic mass is 9.68. The van der Waals surface area contributed by atoms with Crippen molar-refractivity contribution in [2.24, 2.45) is 16.7 Å². The molecule has 2 aliphatic rings. The average molecular weight is 251 g/mol. The van der Waals surface area contributed by atoms with Gasteiger partial charge in [0, 0.05) is 6.04 Å². The molecule has 0 aromatic carbocycles. The molecule has 2 fully saturated rings. The van der Waals surface area contributed by atoms with Crippen molar-refractivity contribution in [1.82, 2.24) is 14.8 Å². The van der Waals surface area contributed by atoms with Crippen LogP contribution in [0.15, 0.2) is 0 Å². The van der Waals surface area contributed by atoms with E-state index in [1.54, 1.807) is 0 Å². The second-order valence-electron chi connectivity index (χ2n) is 6.76. The molecule has 17 heavy (non-hydrogen) atoms. The number of aryl methyl sites for hydroxylation is 1. The Bertz CT molecular complexity index is 508. The minimum Gasteiger partial charge on any atom is -0.300 e. The van der Waals surface area contributed by atoms with E-state index in [4.69, 9.17) is 12.2 Å². The van der Waals surface area contributed by atoms with Crippen LogP contribution in [-0.2, 0) is 0 Å². The standard InChI is InChI=1S/C13H21N3S/c1-8-14-15-11(17)16(8)10-12(2,3)9-5-6-13(10,4)7-9/h9-10H,5-7H2,1-4H3,(H,15,17). The van der Waals surface area contributed by atoms with Crippen LogP contribution in [0.4, 0.5) is 0 Å². The van der Waals surface area contributed by atoms with Crippen molar-refractivity contribution in [3.63, 3.8) is 0 Å². The van der Waals surface area contributed by atoms with Crippen molar-refractivity contribution >= 4 is 12.2 Å². The molecular weight excluding hydrogens is 230 g/mol. The summed E-state index contributed by atoms with van der Waals surface area (Å²) in [5.41, 5.74) is 0.737. The van der Waals surface area contributed by atoms with Gasteiger partial charge in [-0.2, -0.15) is 5.10 Å². The van der Waals surface area contributed by atoms with Crippen LogP contribution in [0, 0.1) is 28.4 Å². The van der Waals surface area contributed by atoms with E-state index in [2.05, 4.69) is 42.5 Å². The van der Waals surface area contributed by atoms with Gasteiger partial charge in [0.25, 0.3) is 0 Å². The summed E-state index contributed by atoms with van der Waals surface area (Å²) in [6, 6.07) is 0.500. The highest BCUT2D eigenvalue weighted by Crippen LogP contribution is 2.68. The number of aromatic amines is 1. The van der Waals surface area contributed by atoms with Crippen LogP contribution in [0.3, 0.4) is 0 Å². The number of H-pyrrole nitrogens is 1. The maximum atomic E-state index is 5.42. The van der Waals surface area contributed by atoms with E-state index in [0.717, 1.165) is 16.5 Å². The minimum atomic E-state index is 0.333. The van der Waals surface area contributed by atoms with Crippen molar-refractivity contribution in [3.05, 3.63) is 10.6 Å². The van der Waals surface area contributed by atoms with Crippen molar-refractivity contribution in [2.45, 2.75) is 53.0 Å². The molecule has 3 rings (SSSR count). The van der Waals surface area contributed by atoms with Crippen LogP contribution in [0.2, 0.25) is 0 Å². The summed E-state index contributed by atoms with van der Waals surface area (Å²) in [6.45, 7) is 9.29. The van der Waals surface area contributed by atoms with Gasteiger partial charge in [0.1, 0.15) is 5.82 Å². The van der Waals surface area contributed by atoms with E-state index in [9.17, 15) is 0 Å². The van der Waals surface area contributed by atoms with Crippen LogP contribution in [-0.4, -0.2) is 14.8 Å². The molecule has 0 aliphatic heterocycles. The highest BCUT2D eigenvalue weighted by Gasteiger charge is 2.60. The Balaban J connectivity index is 2.18. The number of nitrogens with zero attached hydrogens (tertiary/aromatic N) is 2. The van der Waals surface area contributed by atoms with Gasteiger partial charge in [-0.05, 0) is 55.2 Å². The quantitative estimate of drug-likeness (QED) is 0.773. The molecular formula is C13H21N3S. The van der Waals surface area contributed by atoms with E-state index in [1.807, 2.05) is 0 Å². The van der Waals surface area contributed by atoms with Gasteiger partial charge >= 0.3 is 0 Å². The van der Waals surface area contributed by atoms with Gasteiger partial charge in [-0.3, -0.25) is 5.10 Å². The fraction of sp³-hybridized carbons (Fsp3) is 0.846. The van der Waals surface area contributed by atoms with E-state index in [1.165, 1.54) is 19.3 Å². The number of fused-ring (bicyclic) bond motifs is 2. The van der Waals surface area contributed by atoms with E-state index in [-0.39, 0.29) is 0 Å². The van der Waals surface area contributed by atoms with Gasteiger partial charge in [0.2, 0.25) is 0 Å². The highest BCUT2D eigenvalue weighted by atomic mass is 32.1. The molecule has 4 heteroatoms. The van der Waals surface area contributed by atoms with Gasteiger partial charge in [0.15, 0.2) is 4.77 Å². The monoisotopic (exact) mass is 251 g/mol. The van der Waals surface area contributed by atoms with Crippen molar-refractivity contribution < 1.29 is 0 Å². The third-order valence-corrected chi connectivity index (χ3v) is 5.62. The number of rotatable bonds is 1. The third kappa shape index (κ3) is 1.33. The van der Waals surface area contributed by atoms with Crippen LogP contribution in [0.25, 0.3) is 0 Å². The first-order valence-electron chi connectivity index (χ1n) is 6.50.